The van der Waals surface area contributed by atoms with Gasteiger partial charge in [-0.3, -0.25) is 9.69 Å². The number of esters is 1. The Morgan fingerprint density at radius 2 is 1.78 bits per heavy atom. The fourth-order valence-electron chi connectivity index (χ4n) is 3.29. The van der Waals surface area contributed by atoms with Crippen molar-refractivity contribution in [1.82, 2.24) is 4.98 Å². The number of anilines is 2. The fourth-order valence-corrected chi connectivity index (χ4v) is 4.16. The Labute approximate surface area is 189 Å². The van der Waals surface area contributed by atoms with E-state index in [9.17, 15) is 9.59 Å². The normalized spacial score (nSPS) is 16.8. The number of fused-ring (bicyclic) bond motifs is 1. The molecule has 1 aromatic heterocycles. The van der Waals surface area contributed by atoms with Crippen molar-refractivity contribution in [1.29, 1.82) is 0 Å². The summed E-state index contributed by atoms with van der Waals surface area (Å²) in [5.41, 5.74) is 1.10. The largest absolute Gasteiger partial charge is 0.495 e. The molecule has 2 heterocycles. The third-order valence-electron chi connectivity index (χ3n) is 4.81. The van der Waals surface area contributed by atoms with E-state index in [-0.39, 0.29) is 12.5 Å². The van der Waals surface area contributed by atoms with Gasteiger partial charge in [0.25, 0.3) is 0 Å². The van der Waals surface area contributed by atoms with E-state index in [2.05, 4.69) is 4.98 Å². The van der Waals surface area contributed by atoms with E-state index >= 15 is 0 Å². The first-order valence-electron chi connectivity index (χ1n) is 9.95. The van der Waals surface area contributed by atoms with Crippen molar-refractivity contribution in [3.8, 4) is 17.2 Å². The molecule has 0 bridgehead atoms. The minimum Gasteiger partial charge on any atom is -0.495 e. The highest BCUT2D eigenvalue weighted by atomic mass is 32.1. The van der Waals surface area contributed by atoms with Crippen LogP contribution in [0.15, 0.2) is 53.9 Å². The zero-order valence-electron chi connectivity index (χ0n) is 17.8. The lowest BCUT2D eigenvalue weighted by Gasteiger charge is -2.30. The highest BCUT2D eigenvalue weighted by Crippen LogP contribution is 2.36. The van der Waals surface area contributed by atoms with Gasteiger partial charge in [0.1, 0.15) is 18.5 Å². The van der Waals surface area contributed by atoms with Crippen LogP contribution in [0, 0.1) is 0 Å². The number of methoxy groups -OCH3 is 1. The fraction of sp³-hybridized carbons (Fsp3) is 0.261. The van der Waals surface area contributed by atoms with Crippen molar-refractivity contribution in [2.24, 2.45) is 0 Å². The minimum atomic E-state index is -0.884. The van der Waals surface area contributed by atoms with Crippen LogP contribution in [0.5, 0.6) is 17.2 Å². The number of benzene rings is 2. The van der Waals surface area contributed by atoms with Crippen LogP contribution >= 0.6 is 11.3 Å². The van der Waals surface area contributed by atoms with E-state index in [4.69, 9.17) is 18.9 Å². The Morgan fingerprint density at radius 3 is 2.50 bits per heavy atom. The van der Waals surface area contributed by atoms with Crippen molar-refractivity contribution in [2.45, 2.75) is 32.7 Å². The number of hydrogen-bond donors (Lipinski definition) is 0. The maximum absolute atomic E-state index is 12.6. The van der Waals surface area contributed by atoms with Gasteiger partial charge in [-0.25, -0.2) is 9.78 Å². The number of carbonyl (C=O) groups is 2. The van der Waals surface area contributed by atoms with Crippen LogP contribution in [0.3, 0.4) is 0 Å². The van der Waals surface area contributed by atoms with Crippen LogP contribution in [-0.4, -0.2) is 36.2 Å². The molecule has 0 radical (unpaired) electrons. The molecule has 0 aliphatic carbocycles. The quantitative estimate of drug-likeness (QED) is 0.518. The molecule has 0 saturated carbocycles. The maximum Gasteiger partial charge on any atom is 0.351 e. The minimum absolute atomic E-state index is 0.0543. The van der Waals surface area contributed by atoms with Crippen LogP contribution in [0.4, 0.5) is 10.8 Å². The van der Waals surface area contributed by atoms with Crippen molar-refractivity contribution < 1.29 is 28.5 Å². The van der Waals surface area contributed by atoms with Gasteiger partial charge in [-0.05, 0) is 31.2 Å². The van der Waals surface area contributed by atoms with E-state index in [0.717, 1.165) is 0 Å². The molecule has 2 aromatic carbocycles. The first-order chi connectivity index (χ1) is 15.5. The molecule has 4 rings (SSSR count). The lowest BCUT2D eigenvalue weighted by molar-refractivity contribution is -0.159. The molecular weight excluding hydrogens is 432 g/mol. The van der Waals surface area contributed by atoms with E-state index in [1.807, 2.05) is 18.2 Å². The lowest BCUT2D eigenvalue weighted by atomic mass is 10.2. The molecule has 0 fully saturated rings. The average Bonchev–Trinajstić information content (AvgIpc) is 3.25. The summed E-state index contributed by atoms with van der Waals surface area (Å²) in [5.74, 6) is 0.878. The molecule has 0 unspecified atom stereocenters. The summed E-state index contributed by atoms with van der Waals surface area (Å²) in [6.07, 6.45) is -1.38. The number of thiazole rings is 1. The van der Waals surface area contributed by atoms with Crippen LogP contribution in [0.1, 0.15) is 19.5 Å². The molecule has 1 aliphatic rings. The number of hydrogen-bond acceptors (Lipinski definition) is 8. The topological polar surface area (TPSA) is 87.2 Å². The van der Waals surface area contributed by atoms with E-state index in [0.29, 0.717) is 33.8 Å². The maximum atomic E-state index is 12.6. The van der Waals surface area contributed by atoms with Gasteiger partial charge in [0.2, 0.25) is 12.0 Å². The smallest absolute Gasteiger partial charge is 0.351 e. The predicted molar refractivity (Wildman–Crippen MR) is 119 cm³/mol. The third-order valence-corrected chi connectivity index (χ3v) is 5.68. The first-order valence-corrected chi connectivity index (χ1v) is 10.8. The van der Waals surface area contributed by atoms with E-state index in [1.165, 1.54) is 23.2 Å². The molecule has 3 aromatic rings. The van der Waals surface area contributed by atoms with Crippen LogP contribution in [0.2, 0.25) is 0 Å². The number of rotatable bonds is 6. The van der Waals surface area contributed by atoms with Gasteiger partial charge < -0.3 is 18.9 Å². The number of carbonyl (C=O) groups excluding carboxylic acids is 2. The summed E-state index contributed by atoms with van der Waals surface area (Å²) in [7, 11) is 1.54. The molecule has 32 heavy (non-hydrogen) atoms. The number of amides is 1. The van der Waals surface area contributed by atoms with E-state index < -0.39 is 18.2 Å². The molecule has 0 N–H and O–H groups in total. The van der Waals surface area contributed by atoms with Gasteiger partial charge in [-0.15, -0.1) is 11.3 Å². The van der Waals surface area contributed by atoms with Crippen molar-refractivity contribution >= 4 is 34.0 Å². The summed E-state index contributed by atoms with van der Waals surface area (Å²) in [5, 5.41) is 2.19. The Morgan fingerprint density at radius 1 is 1.09 bits per heavy atom. The molecule has 9 heteroatoms. The monoisotopic (exact) mass is 454 g/mol. The van der Waals surface area contributed by atoms with Gasteiger partial charge in [0.15, 0.2) is 16.6 Å². The number of ether oxygens (including phenoxy) is 4. The Hall–Kier alpha value is -3.59. The van der Waals surface area contributed by atoms with Crippen molar-refractivity contribution in [3.63, 3.8) is 0 Å². The highest BCUT2D eigenvalue weighted by Gasteiger charge is 2.35. The average molecular weight is 455 g/mol. The molecule has 1 amide bonds. The van der Waals surface area contributed by atoms with Gasteiger partial charge in [0.05, 0.1) is 18.5 Å². The van der Waals surface area contributed by atoms with Crippen LogP contribution in [0.25, 0.3) is 0 Å². The SMILES string of the molecule is COc1ccccc1N(C(C)=O)c1nc(COC(=O)[C@H]2Oc3ccccc3O[C@@H]2C)cs1. The van der Waals surface area contributed by atoms with Gasteiger partial charge in [-0.1, -0.05) is 24.3 Å². The van der Waals surface area contributed by atoms with Gasteiger partial charge >= 0.3 is 5.97 Å². The summed E-state index contributed by atoms with van der Waals surface area (Å²) in [6, 6.07) is 14.4. The second-order valence-corrected chi connectivity index (χ2v) is 7.90. The summed E-state index contributed by atoms with van der Waals surface area (Å²) >= 11 is 1.27. The second-order valence-electron chi connectivity index (χ2n) is 7.06. The second kappa shape index (κ2) is 9.27. The Kier molecular flexibility index (Phi) is 6.27. The number of para-hydroxylation sites is 4. The zero-order valence-corrected chi connectivity index (χ0v) is 18.6. The lowest BCUT2D eigenvalue weighted by Crippen LogP contribution is -2.44. The number of nitrogens with zero attached hydrogens (tertiary/aromatic N) is 2. The molecule has 0 saturated heterocycles. The predicted octanol–water partition coefficient (Wildman–Crippen LogP) is 4.11. The van der Waals surface area contributed by atoms with Crippen molar-refractivity contribution in [3.05, 3.63) is 59.6 Å². The molecule has 1 aliphatic heterocycles. The highest BCUT2D eigenvalue weighted by molar-refractivity contribution is 7.14. The molecule has 166 valence electrons. The van der Waals surface area contributed by atoms with E-state index in [1.54, 1.807) is 49.7 Å². The van der Waals surface area contributed by atoms with Crippen LogP contribution in [-0.2, 0) is 20.9 Å². The van der Waals surface area contributed by atoms with Crippen molar-refractivity contribution in [2.75, 3.05) is 12.0 Å². The molecule has 2 atom stereocenters. The zero-order chi connectivity index (χ0) is 22.7. The Balaban J connectivity index is 1.45. The summed E-state index contributed by atoms with van der Waals surface area (Å²) < 4.78 is 22.3. The standard InChI is InChI=1S/C23H22N2O6S/c1-14-21(31-20-11-7-6-10-19(20)30-14)22(27)29-12-16-13-32-23(24-16)25(15(2)26)17-8-4-5-9-18(17)28-3/h4-11,13-14,21H,12H2,1-3H3/t14-,21+/m1/s1. The molecular formula is C23H22N2O6S. The number of aromatic nitrogens is 1. The summed E-state index contributed by atoms with van der Waals surface area (Å²) in [6.45, 7) is 3.15. The molecule has 0 spiro atoms. The Bertz CT molecular complexity index is 1130. The summed E-state index contributed by atoms with van der Waals surface area (Å²) in [4.78, 5) is 30.9. The third kappa shape index (κ3) is 4.38. The first kappa shape index (κ1) is 21.6. The van der Waals surface area contributed by atoms with Gasteiger partial charge in [-0.2, -0.15) is 0 Å². The van der Waals surface area contributed by atoms with Gasteiger partial charge in [0, 0.05) is 12.3 Å². The molecule has 8 nitrogen and oxygen atoms in total. The van der Waals surface area contributed by atoms with Crippen LogP contribution < -0.4 is 19.1 Å².